The van der Waals surface area contributed by atoms with Crippen LogP contribution in [0.4, 0.5) is 0 Å². The summed E-state index contributed by atoms with van der Waals surface area (Å²) in [7, 11) is 0. The lowest BCUT2D eigenvalue weighted by Gasteiger charge is -2.26. The molecule has 1 aromatic rings. The second-order valence-electron chi connectivity index (χ2n) is 4.58. The second-order valence-corrected chi connectivity index (χ2v) is 4.58. The summed E-state index contributed by atoms with van der Waals surface area (Å²) in [4.78, 5) is 4.17. The maximum atomic E-state index is 5.06. The van der Waals surface area contributed by atoms with Gasteiger partial charge in [-0.25, -0.2) is 0 Å². The summed E-state index contributed by atoms with van der Waals surface area (Å²) in [6.07, 6.45) is 5.25. The molecule has 0 aliphatic heterocycles. The predicted molar refractivity (Wildman–Crippen MR) is 57.3 cm³/mol. The van der Waals surface area contributed by atoms with Crippen molar-refractivity contribution in [1.82, 2.24) is 15.5 Å². The molecular formula is C11H19N3O. The fraction of sp³-hybridized carbons (Fsp3) is 0.818. The van der Waals surface area contributed by atoms with Gasteiger partial charge in [-0.1, -0.05) is 24.9 Å². The molecule has 15 heavy (non-hydrogen) atoms. The number of rotatable bonds is 3. The van der Waals surface area contributed by atoms with E-state index >= 15 is 0 Å². The minimum atomic E-state index is 0.626. The van der Waals surface area contributed by atoms with Gasteiger partial charge in [0.1, 0.15) is 0 Å². The van der Waals surface area contributed by atoms with Crippen LogP contribution in [0, 0.1) is 12.8 Å². The number of nitrogens with one attached hydrogen (secondary N) is 1. The Morgan fingerprint density at radius 1 is 1.47 bits per heavy atom. The standard InChI is InChI=1S/C11H19N3O/c1-8-4-3-5-10(6-8)12-7-11-13-9(2)14-15-11/h8,10,12H,3-7H2,1-2H3. The lowest BCUT2D eigenvalue weighted by atomic mass is 9.87. The summed E-state index contributed by atoms with van der Waals surface area (Å²) in [6.45, 7) is 4.87. The molecule has 1 aliphatic rings. The minimum absolute atomic E-state index is 0.626. The quantitative estimate of drug-likeness (QED) is 0.827. The maximum Gasteiger partial charge on any atom is 0.240 e. The molecule has 0 amide bonds. The van der Waals surface area contributed by atoms with Crippen LogP contribution in [0.1, 0.15) is 44.3 Å². The predicted octanol–water partition coefficient (Wildman–Crippen LogP) is 2.05. The normalized spacial score (nSPS) is 26.8. The van der Waals surface area contributed by atoms with E-state index in [1.54, 1.807) is 0 Å². The molecule has 1 N–H and O–H groups in total. The number of aromatic nitrogens is 2. The summed E-state index contributed by atoms with van der Waals surface area (Å²) in [6, 6.07) is 0.626. The van der Waals surface area contributed by atoms with Gasteiger partial charge in [0.2, 0.25) is 5.89 Å². The summed E-state index contributed by atoms with van der Waals surface area (Å²) in [5, 5.41) is 7.25. The van der Waals surface area contributed by atoms with Gasteiger partial charge in [0.25, 0.3) is 0 Å². The van der Waals surface area contributed by atoms with Crippen LogP contribution < -0.4 is 5.32 Å². The van der Waals surface area contributed by atoms with Crippen molar-refractivity contribution >= 4 is 0 Å². The monoisotopic (exact) mass is 209 g/mol. The van der Waals surface area contributed by atoms with Crippen LogP contribution in [-0.4, -0.2) is 16.2 Å². The van der Waals surface area contributed by atoms with E-state index in [0.717, 1.165) is 5.92 Å². The molecule has 4 heteroatoms. The SMILES string of the molecule is Cc1noc(CNC2CCCC(C)C2)n1. The lowest BCUT2D eigenvalue weighted by molar-refractivity contribution is 0.284. The number of hydrogen-bond acceptors (Lipinski definition) is 4. The fourth-order valence-corrected chi connectivity index (χ4v) is 2.26. The zero-order valence-corrected chi connectivity index (χ0v) is 9.49. The van der Waals surface area contributed by atoms with Crippen LogP contribution in [-0.2, 0) is 6.54 Å². The van der Waals surface area contributed by atoms with Gasteiger partial charge in [0.15, 0.2) is 5.82 Å². The smallest absolute Gasteiger partial charge is 0.240 e. The summed E-state index contributed by atoms with van der Waals surface area (Å²) < 4.78 is 5.06. The third-order valence-corrected chi connectivity index (χ3v) is 3.05. The van der Waals surface area contributed by atoms with E-state index in [1.807, 2.05) is 6.92 Å². The molecule has 4 nitrogen and oxygen atoms in total. The molecule has 1 fully saturated rings. The molecular weight excluding hydrogens is 190 g/mol. The Morgan fingerprint density at radius 2 is 2.33 bits per heavy atom. The van der Waals surface area contributed by atoms with Crippen LogP contribution in [0.3, 0.4) is 0 Å². The number of aryl methyl sites for hydroxylation is 1. The molecule has 1 heterocycles. The van der Waals surface area contributed by atoms with Crippen molar-refractivity contribution in [3.63, 3.8) is 0 Å². The average molecular weight is 209 g/mol. The molecule has 1 aromatic heterocycles. The van der Waals surface area contributed by atoms with E-state index in [1.165, 1.54) is 25.7 Å². The molecule has 0 radical (unpaired) electrons. The van der Waals surface area contributed by atoms with Crippen molar-refractivity contribution in [2.75, 3.05) is 0 Å². The molecule has 1 saturated carbocycles. The van der Waals surface area contributed by atoms with Crippen LogP contribution in [0.25, 0.3) is 0 Å². The van der Waals surface area contributed by atoms with E-state index in [4.69, 9.17) is 4.52 Å². The zero-order chi connectivity index (χ0) is 10.7. The first kappa shape index (κ1) is 10.6. The Labute approximate surface area is 90.4 Å². The van der Waals surface area contributed by atoms with Crippen molar-refractivity contribution in [3.05, 3.63) is 11.7 Å². The van der Waals surface area contributed by atoms with E-state index in [9.17, 15) is 0 Å². The Kier molecular flexibility index (Phi) is 3.36. The van der Waals surface area contributed by atoms with Gasteiger partial charge in [-0.2, -0.15) is 4.98 Å². The van der Waals surface area contributed by atoms with Gasteiger partial charge in [-0.3, -0.25) is 0 Å². The first-order valence-corrected chi connectivity index (χ1v) is 5.76. The number of hydrogen-bond donors (Lipinski definition) is 1. The Bertz CT molecular complexity index is 311. The zero-order valence-electron chi connectivity index (χ0n) is 9.49. The van der Waals surface area contributed by atoms with Crippen LogP contribution >= 0.6 is 0 Å². The van der Waals surface area contributed by atoms with Crippen molar-refractivity contribution in [1.29, 1.82) is 0 Å². The highest BCUT2D eigenvalue weighted by Crippen LogP contribution is 2.23. The second kappa shape index (κ2) is 4.75. The van der Waals surface area contributed by atoms with Crippen LogP contribution in [0.15, 0.2) is 4.52 Å². The molecule has 2 atom stereocenters. The molecule has 0 saturated heterocycles. The van der Waals surface area contributed by atoms with Gasteiger partial charge >= 0.3 is 0 Å². The largest absolute Gasteiger partial charge is 0.338 e. The minimum Gasteiger partial charge on any atom is -0.338 e. The van der Waals surface area contributed by atoms with Gasteiger partial charge in [0, 0.05) is 6.04 Å². The van der Waals surface area contributed by atoms with E-state index in [2.05, 4.69) is 22.4 Å². The van der Waals surface area contributed by atoms with Crippen LogP contribution in [0.2, 0.25) is 0 Å². The van der Waals surface area contributed by atoms with Crippen molar-refractivity contribution in [3.8, 4) is 0 Å². The molecule has 2 rings (SSSR count). The molecule has 0 spiro atoms. The van der Waals surface area contributed by atoms with Gasteiger partial charge in [-0.15, -0.1) is 0 Å². The van der Waals surface area contributed by atoms with Gasteiger partial charge < -0.3 is 9.84 Å². The molecule has 84 valence electrons. The van der Waals surface area contributed by atoms with Crippen LogP contribution in [0.5, 0.6) is 0 Å². The van der Waals surface area contributed by atoms with Gasteiger partial charge in [0.05, 0.1) is 6.54 Å². The Balaban J connectivity index is 1.77. The fourth-order valence-electron chi connectivity index (χ4n) is 2.26. The Hall–Kier alpha value is -0.900. The topological polar surface area (TPSA) is 51.0 Å². The highest BCUT2D eigenvalue weighted by molar-refractivity contribution is 4.84. The third kappa shape index (κ3) is 3.02. The summed E-state index contributed by atoms with van der Waals surface area (Å²) in [5.41, 5.74) is 0. The molecule has 0 bridgehead atoms. The van der Waals surface area contributed by atoms with Crippen molar-refractivity contribution in [2.24, 2.45) is 5.92 Å². The first-order chi connectivity index (χ1) is 7.24. The molecule has 1 aliphatic carbocycles. The Morgan fingerprint density at radius 3 is 3.00 bits per heavy atom. The van der Waals surface area contributed by atoms with Crippen molar-refractivity contribution < 1.29 is 4.52 Å². The average Bonchev–Trinajstić information content (AvgIpc) is 2.62. The highest BCUT2D eigenvalue weighted by Gasteiger charge is 2.18. The first-order valence-electron chi connectivity index (χ1n) is 5.76. The highest BCUT2D eigenvalue weighted by atomic mass is 16.5. The third-order valence-electron chi connectivity index (χ3n) is 3.05. The van der Waals surface area contributed by atoms with E-state index < -0.39 is 0 Å². The van der Waals surface area contributed by atoms with E-state index in [0.29, 0.717) is 24.3 Å². The maximum absolute atomic E-state index is 5.06. The number of nitrogens with zero attached hydrogens (tertiary/aromatic N) is 2. The molecule has 0 aromatic carbocycles. The van der Waals surface area contributed by atoms with E-state index in [-0.39, 0.29) is 0 Å². The van der Waals surface area contributed by atoms with Gasteiger partial charge in [-0.05, 0) is 25.7 Å². The summed E-state index contributed by atoms with van der Waals surface area (Å²) in [5.74, 6) is 2.26. The molecule has 2 unspecified atom stereocenters. The lowest BCUT2D eigenvalue weighted by Crippen LogP contribution is -2.33. The summed E-state index contributed by atoms with van der Waals surface area (Å²) >= 11 is 0. The van der Waals surface area contributed by atoms with Crippen molar-refractivity contribution in [2.45, 2.75) is 52.1 Å².